The van der Waals surface area contributed by atoms with Gasteiger partial charge >= 0.3 is 0 Å². The van der Waals surface area contributed by atoms with Crippen LogP contribution in [0.5, 0.6) is 0 Å². The van der Waals surface area contributed by atoms with Gasteiger partial charge < -0.3 is 15.0 Å². The molecule has 1 amide bonds. The van der Waals surface area contributed by atoms with Crippen molar-refractivity contribution in [3.05, 3.63) is 23.5 Å². The van der Waals surface area contributed by atoms with Crippen molar-refractivity contribution in [2.75, 3.05) is 13.2 Å². The van der Waals surface area contributed by atoms with Crippen LogP contribution in [0.3, 0.4) is 0 Å². The number of aryl methyl sites for hydroxylation is 1. The standard InChI is InChI=1S/C12H18N2O2/c1-9-5-10(7-13-9)6-12(15)14-8-11-3-2-4-16-11/h5,7,11,13H,2-4,6,8H2,1H3,(H,14,15). The summed E-state index contributed by atoms with van der Waals surface area (Å²) in [4.78, 5) is 14.7. The van der Waals surface area contributed by atoms with Gasteiger partial charge in [0.15, 0.2) is 0 Å². The fourth-order valence-corrected chi connectivity index (χ4v) is 1.95. The molecule has 2 N–H and O–H groups in total. The maximum atomic E-state index is 11.6. The van der Waals surface area contributed by atoms with Crippen LogP contribution in [0, 0.1) is 6.92 Å². The average molecular weight is 222 g/mol. The molecule has 88 valence electrons. The normalized spacial score (nSPS) is 19.9. The van der Waals surface area contributed by atoms with Gasteiger partial charge in [0.1, 0.15) is 0 Å². The van der Waals surface area contributed by atoms with Crippen molar-refractivity contribution >= 4 is 5.91 Å². The van der Waals surface area contributed by atoms with Crippen molar-refractivity contribution in [2.45, 2.75) is 32.3 Å². The lowest BCUT2D eigenvalue weighted by Crippen LogP contribution is -2.32. The van der Waals surface area contributed by atoms with E-state index in [2.05, 4.69) is 10.3 Å². The summed E-state index contributed by atoms with van der Waals surface area (Å²) in [6, 6.07) is 1.99. The molecule has 0 saturated carbocycles. The molecule has 0 radical (unpaired) electrons. The van der Waals surface area contributed by atoms with E-state index >= 15 is 0 Å². The quantitative estimate of drug-likeness (QED) is 0.803. The van der Waals surface area contributed by atoms with E-state index in [0.717, 1.165) is 30.7 Å². The van der Waals surface area contributed by atoms with Gasteiger partial charge in [-0.3, -0.25) is 4.79 Å². The smallest absolute Gasteiger partial charge is 0.224 e. The summed E-state index contributed by atoms with van der Waals surface area (Å²) in [6.07, 6.45) is 4.70. The lowest BCUT2D eigenvalue weighted by atomic mass is 10.2. The number of nitrogens with one attached hydrogen (secondary N) is 2. The number of hydrogen-bond donors (Lipinski definition) is 2. The molecular formula is C12H18N2O2. The highest BCUT2D eigenvalue weighted by Gasteiger charge is 2.16. The summed E-state index contributed by atoms with van der Waals surface area (Å²) in [5, 5.41) is 2.90. The van der Waals surface area contributed by atoms with Gasteiger partial charge in [-0.05, 0) is 31.4 Å². The third-order valence-corrected chi connectivity index (χ3v) is 2.80. The Morgan fingerprint density at radius 2 is 2.56 bits per heavy atom. The van der Waals surface area contributed by atoms with E-state index < -0.39 is 0 Å². The van der Waals surface area contributed by atoms with E-state index in [1.165, 1.54) is 0 Å². The molecule has 1 fully saturated rings. The zero-order valence-electron chi connectivity index (χ0n) is 9.58. The van der Waals surface area contributed by atoms with E-state index in [4.69, 9.17) is 4.74 Å². The first-order valence-corrected chi connectivity index (χ1v) is 5.76. The molecule has 0 spiro atoms. The molecular weight excluding hydrogens is 204 g/mol. The third kappa shape index (κ3) is 3.10. The van der Waals surface area contributed by atoms with Gasteiger partial charge in [0.2, 0.25) is 5.91 Å². The largest absolute Gasteiger partial charge is 0.376 e. The predicted octanol–water partition coefficient (Wildman–Crippen LogP) is 1.16. The first-order valence-electron chi connectivity index (χ1n) is 5.76. The first kappa shape index (κ1) is 11.2. The Morgan fingerprint density at radius 1 is 1.69 bits per heavy atom. The van der Waals surface area contributed by atoms with Gasteiger partial charge in [0, 0.05) is 25.0 Å². The second kappa shape index (κ2) is 5.16. The summed E-state index contributed by atoms with van der Waals surface area (Å²) in [5.74, 6) is 0.0644. The van der Waals surface area contributed by atoms with Crippen LogP contribution in [0.25, 0.3) is 0 Å². The minimum absolute atomic E-state index is 0.0644. The van der Waals surface area contributed by atoms with Gasteiger partial charge in [-0.25, -0.2) is 0 Å². The summed E-state index contributed by atoms with van der Waals surface area (Å²) < 4.78 is 5.44. The van der Waals surface area contributed by atoms with Crippen LogP contribution in [0.2, 0.25) is 0 Å². The molecule has 0 aliphatic carbocycles. The maximum Gasteiger partial charge on any atom is 0.224 e. The Bertz CT molecular complexity index is 354. The van der Waals surface area contributed by atoms with Gasteiger partial charge in [-0.1, -0.05) is 0 Å². The van der Waals surface area contributed by atoms with E-state index in [-0.39, 0.29) is 12.0 Å². The second-order valence-electron chi connectivity index (χ2n) is 4.31. The van der Waals surface area contributed by atoms with Gasteiger partial charge in [-0.15, -0.1) is 0 Å². The average Bonchev–Trinajstić information content (AvgIpc) is 2.87. The number of hydrogen-bond acceptors (Lipinski definition) is 2. The maximum absolute atomic E-state index is 11.6. The number of amides is 1. The Labute approximate surface area is 95.4 Å². The van der Waals surface area contributed by atoms with Crippen molar-refractivity contribution in [1.82, 2.24) is 10.3 Å². The highest BCUT2D eigenvalue weighted by Crippen LogP contribution is 2.10. The van der Waals surface area contributed by atoms with Crippen molar-refractivity contribution in [3.8, 4) is 0 Å². The zero-order valence-corrected chi connectivity index (χ0v) is 9.58. The van der Waals surface area contributed by atoms with Crippen LogP contribution in [-0.2, 0) is 16.0 Å². The Balaban J connectivity index is 1.71. The van der Waals surface area contributed by atoms with E-state index in [9.17, 15) is 4.79 Å². The van der Waals surface area contributed by atoms with Gasteiger partial charge in [-0.2, -0.15) is 0 Å². The number of aromatic amines is 1. The zero-order chi connectivity index (χ0) is 11.4. The summed E-state index contributed by atoms with van der Waals surface area (Å²) in [6.45, 7) is 3.45. The van der Waals surface area contributed by atoms with E-state index in [1.807, 2.05) is 19.2 Å². The monoisotopic (exact) mass is 222 g/mol. The molecule has 1 saturated heterocycles. The number of ether oxygens (including phenoxy) is 1. The minimum Gasteiger partial charge on any atom is -0.376 e. The van der Waals surface area contributed by atoms with Crippen LogP contribution in [0.1, 0.15) is 24.1 Å². The first-order chi connectivity index (χ1) is 7.74. The molecule has 16 heavy (non-hydrogen) atoms. The van der Waals surface area contributed by atoms with Crippen LogP contribution < -0.4 is 5.32 Å². The van der Waals surface area contributed by atoms with E-state index in [1.54, 1.807) is 0 Å². The summed E-state index contributed by atoms with van der Waals surface area (Å²) in [5.41, 5.74) is 2.12. The number of carbonyl (C=O) groups is 1. The molecule has 4 nitrogen and oxygen atoms in total. The van der Waals surface area contributed by atoms with Gasteiger partial charge in [0.05, 0.1) is 12.5 Å². The topological polar surface area (TPSA) is 54.1 Å². The van der Waals surface area contributed by atoms with Crippen molar-refractivity contribution in [1.29, 1.82) is 0 Å². The molecule has 1 unspecified atom stereocenters. The fourth-order valence-electron chi connectivity index (χ4n) is 1.95. The van der Waals surface area contributed by atoms with Crippen LogP contribution in [0.15, 0.2) is 12.3 Å². The lowest BCUT2D eigenvalue weighted by Gasteiger charge is -2.10. The Hall–Kier alpha value is -1.29. The molecule has 1 aromatic heterocycles. The number of aromatic nitrogens is 1. The van der Waals surface area contributed by atoms with Crippen molar-refractivity contribution < 1.29 is 9.53 Å². The van der Waals surface area contributed by atoms with Crippen molar-refractivity contribution in [3.63, 3.8) is 0 Å². The minimum atomic E-state index is 0.0644. The molecule has 0 aromatic carbocycles. The second-order valence-corrected chi connectivity index (χ2v) is 4.31. The lowest BCUT2D eigenvalue weighted by molar-refractivity contribution is -0.120. The molecule has 1 aliphatic heterocycles. The molecule has 1 aliphatic rings. The molecule has 4 heteroatoms. The number of H-pyrrole nitrogens is 1. The SMILES string of the molecule is Cc1cc(CC(=O)NCC2CCCO2)c[nH]1. The highest BCUT2D eigenvalue weighted by atomic mass is 16.5. The van der Waals surface area contributed by atoms with Crippen LogP contribution in [0.4, 0.5) is 0 Å². The molecule has 0 bridgehead atoms. The molecule has 1 aromatic rings. The van der Waals surface area contributed by atoms with Crippen LogP contribution >= 0.6 is 0 Å². The Morgan fingerprint density at radius 3 is 3.19 bits per heavy atom. The summed E-state index contributed by atoms with van der Waals surface area (Å²) in [7, 11) is 0. The number of carbonyl (C=O) groups excluding carboxylic acids is 1. The number of rotatable bonds is 4. The van der Waals surface area contributed by atoms with Crippen LogP contribution in [-0.4, -0.2) is 30.1 Å². The van der Waals surface area contributed by atoms with Crippen molar-refractivity contribution in [2.24, 2.45) is 0 Å². The summed E-state index contributed by atoms with van der Waals surface area (Å²) >= 11 is 0. The molecule has 1 atom stereocenters. The van der Waals surface area contributed by atoms with Gasteiger partial charge in [0.25, 0.3) is 0 Å². The Kier molecular flexibility index (Phi) is 3.62. The molecule has 2 rings (SSSR count). The molecule has 2 heterocycles. The highest BCUT2D eigenvalue weighted by molar-refractivity contribution is 5.78. The predicted molar refractivity (Wildman–Crippen MR) is 61.2 cm³/mol. The van der Waals surface area contributed by atoms with E-state index in [0.29, 0.717) is 13.0 Å². The fraction of sp³-hybridized carbons (Fsp3) is 0.583. The third-order valence-electron chi connectivity index (χ3n) is 2.80.